The van der Waals surface area contributed by atoms with Crippen LogP contribution in [0.2, 0.25) is 0 Å². The Hall–Kier alpha value is -1.45. The van der Waals surface area contributed by atoms with Gasteiger partial charge in [0.15, 0.2) is 5.03 Å². The van der Waals surface area contributed by atoms with Crippen molar-refractivity contribution in [2.24, 2.45) is 0 Å². The van der Waals surface area contributed by atoms with E-state index in [1.807, 2.05) is 14.1 Å². The van der Waals surface area contributed by atoms with Crippen LogP contribution in [-0.4, -0.2) is 72.1 Å². The summed E-state index contributed by atoms with van der Waals surface area (Å²) < 4.78 is 26.2. The van der Waals surface area contributed by atoms with E-state index in [4.69, 9.17) is 5.11 Å². The highest BCUT2D eigenvalue weighted by Crippen LogP contribution is 2.23. The predicted molar refractivity (Wildman–Crippen MR) is 71.0 cm³/mol. The van der Waals surface area contributed by atoms with Crippen molar-refractivity contribution >= 4 is 16.0 Å². The maximum atomic E-state index is 12.4. The van der Waals surface area contributed by atoms with Gasteiger partial charge in [-0.1, -0.05) is 0 Å². The van der Waals surface area contributed by atoms with Gasteiger partial charge in [0.05, 0.1) is 6.20 Å². The van der Waals surface area contributed by atoms with Gasteiger partial charge in [-0.05, 0) is 26.9 Å². The van der Waals surface area contributed by atoms with Crippen molar-refractivity contribution in [2.45, 2.75) is 23.9 Å². The number of rotatable bonds is 4. The molecule has 1 aliphatic rings. The van der Waals surface area contributed by atoms with E-state index in [1.165, 1.54) is 4.31 Å². The summed E-state index contributed by atoms with van der Waals surface area (Å²) in [5, 5.41) is 14.5. The number of hydrogen-bond donors (Lipinski definition) is 2. The third-order valence-corrected chi connectivity index (χ3v) is 5.46. The molecule has 1 saturated heterocycles. The van der Waals surface area contributed by atoms with Crippen molar-refractivity contribution in [3.05, 3.63) is 11.8 Å². The zero-order valence-corrected chi connectivity index (χ0v) is 12.2. The highest BCUT2D eigenvalue weighted by atomic mass is 32.2. The summed E-state index contributed by atoms with van der Waals surface area (Å²) in [4.78, 5) is 13.1. The maximum absolute atomic E-state index is 12.4. The molecule has 0 bridgehead atoms. The summed E-state index contributed by atoms with van der Waals surface area (Å²) in [7, 11) is 0.101. The van der Waals surface area contributed by atoms with Crippen LogP contribution in [0, 0.1) is 0 Å². The Morgan fingerprint density at radius 2 is 2.05 bits per heavy atom. The average molecular weight is 302 g/mol. The lowest BCUT2D eigenvalue weighted by atomic mass is 10.1. The van der Waals surface area contributed by atoms with E-state index in [9.17, 15) is 13.2 Å². The molecule has 0 unspecified atom stereocenters. The topological polar surface area (TPSA) is 107 Å². The van der Waals surface area contributed by atoms with E-state index < -0.39 is 16.0 Å². The predicted octanol–water partition coefficient (Wildman–Crippen LogP) is -0.177. The van der Waals surface area contributed by atoms with Gasteiger partial charge in [-0.2, -0.15) is 9.40 Å². The van der Waals surface area contributed by atoms with Gasteiger partial charge in [-0.15, -0.1) is 0 Å². The van der Waals surface area contributed by atoms with Crippen LogP contribution < -0.4 is 0 Å². The molecule has 1 fully saturated rings. The molecule has 2 heterocycles. The first kappa shape index (κ1) is 14.9. The number of H-pyrrole nitrogens is 1. The first-order valence-electron chi connectivity index (χ1n) is 6.27. The molecule has 1 aliphatic heterocycles. The lowest BCUT2D eigenvalue weighted by molar-refractivity contribution is 0.0692. The van der Waals surface area contributed by atoms with Gasteiger partial charge in [0, 0.05) is 19.1 Å². The molecule has 9 heteroatoms. The standard InChI is InChI=1S/C11H18N4O4S/c1-14(2)8-3-5-15(6-4-8)20(18,19)10-9(11(16)17)7-12-13-10/h7-8H,3-6H2,1-2H3,(H,12,13)(H,16,17). The minimum Gasteiger partial charge on any atom is -0.478 e. The minimum absolute atomic E-state index is 0.320. The second-order valence-corrected chi connectivity index (χ2v) is 6.89. The van der Waals surface area contributed by atoms with Gasteiger partial charge in [0.25, 0.3) is 10.0 Å². The molecule has 0 aromatic carbocycles. The molecule has 0 atom stereocenters. The first-order valence-corrected chi connectivity index (χ1v) is 7.71. The molecule has 1 aromatic rings. The van der Waals surface area contributed by atoms with E-state index in [0.29, 0.717) is 19.1 Å². The van der Waals surface area contributed by atoms with Gasteiger partial charge in [0.2, 0.25) is 0 Å². The summed E-state index contributed by atoms with van der Waals surface area (Å²) in [5.41, 5.74) is -0.320. The number of hydrogen-bond acceptors (Lipinski definition) is 5. The van der Waals surface area contributed by atoms with Gasteiger partial charge in [-0.3, -0.25) is 5.10 Å². The zero-order chi connectivity index (χ0) is 14.9. The number of carboxylic acids is 1. The molecule has 20 heavy (non-hydrogen) atoms. The number of aromatic amines is 1. The Labute approximate surface area is 117 Å². The maximum Gasteiger partial charge on any atom is 0.340 e. The van der Waals surface area contributed by atoms with Crippen LogP contribution in [0.1, 0.15) is 23.2 Å². The summed E-state index contributed by atoms with van der Waals surface area (Å²) in [6.07, 6.45) is 2.47. The largest absolute Gasteiger partial charge is 0.478 e. The number of carboxylic acid groups (broad SMARTS) is 1. The van der Waals surface area contributed by atoms with Crippen molar-refractivity contribution in [3.63, 3.8) is 0 Å². The van der Waals surface area contributed by atoms with Crippen LogP contribution in [0.25, 0.3) is 0 Å². The highest BCUT2D eigenvalue weighted by molar-refractivity contribution is 7.89. The Bertz CT molecular complexity index is 587. The smallest absolute Gasteiger partial charge is 0.340 e. The average Bonchev–Trinajstić information content (AvgIpc) is 2.89. The molecule has 0 aliphatic carbocycles. The zero-order valence-electron chi connectivity index (χ0n) is 11.4. The summed E-state index contributed by atoms with van der Waals surface area (Å²) >= 11 is 0. The number of aromatic carboxylic acids is 1. The van der Waals surface area contributed by atoms with Crippen LogP contribution >= 0.6 is 0 Å². The van der Waals surface area contributed by atoms with E-state index in [1.54, 1.807) is 0 Å². The van der Waals surface area contributed by atoms with Crippen LogP contribution in [0.4, 0.5) is 0 Å². The first-order chi connectivity index (χ1) is 9.34. The normalized spacial score (nSPS) is 18.6. The fourth-order valence-electron chi connectivity index (χ4n) is 2.35. The third-order valence-electron chi connectivity index (χ3n) is 3.59. The highest BCUT2D eigenvalue weighted by Gasteiger charge is 2.34. The number of aromatic nitrogens is 2. The number of sulfonamides is 1. The third kappa shape index (κ3) is 2.69. The Balaban J connectivity index is 2.20. The van der Waals surface area contributed by atoms with Crippen LogP contribution in [0.3, 0.4) is 0 Å². The van der Waals surface area contributed by atoms with Gasteiger partial charge in [-0.25, -0.2) is 13.2 Å². The molecular weight excluding hydrogens is 284 g/mol. The second kappa shape index (κ2) is 5.51. The van der Waals surface area contributed by atoms with Crippen molar-refractivity contribution in [1.82, 2.24) is 19.4 Å². The Morgan fingerprint density at radius 3 is 2.55 bits per heavy atom. The molecule has 1 aromatic heterocycles. The Morgan fingerprint density at radius 1 is 1.45 bits per heavy atom. The summed E-state index contributed by atoms with van der Waals surface area (Å²) in [6.45, 7) is 0.756. The summed E-state index contributed by atoms with van der Waals surface area (Å²) in [6, 6.07) is 0.349. The van der Waals surface area contributed by atoms with Crippen LogP contribution in [-0.2, 0) is 10.0 Å². The van der Waals surface area contributed by atoms with Crippen molar-refractivity contribution in [1.29, 1.82) is 0 Å². The van der Waals surface area contributed by atoms with Crippen molar-refractivity contribution in [3.8, 4) is 0 Å². The lowest BCUT2D eigenvalue weighted by Gasteiger charge is -2.34. The number of carbonyl (C=O) groups is 1. The lowest BCUT2D eigenvalue weighted by Crippen LogP contribution is -2.44. The summed E-state index contributed by atoms with van der Waals surface area (Å²) in [5.74, 6) is -1.31. The molecule has 0 radical (unpaired) electrons. The SMILES string of the molecule is CN(C)C1CCN(S(=O)(=O)c2[nH]ncc2C(=O)O)CC1. The number of nitrogens with zero attached hydrogens (tertiary/aromatic N) is 3. The quantitative estimate of drug-likeness (QED) is 0.799. The monoisotopic (exact) mass is 302 g/mol. The number of piperidine rings is 1. The van der Waals surface area contributed by atoms with E-state index in [0.717, 1.165) is 19.0 Å². The van der Waals surface area contributed by atoms with Crippen molar-refractivity contribution in [2.75, 3.05) is 27.2 Å². The second-order valence-electron chi connectivity index (χ2n) is 5.02. The van der Waals surface area contributed by atoms with Crippen LogP contribution in [0.15, 0.2) is 11.2 Å². The van der Waals surface area contributed by atoms with Gasteiger partial charge < -0.3 is 10.0 Å². The molecule has 8 nitrogen and oxygen atoms in total. The van der Waals surface area contributed by atoms with E-state index >= 15 is 0 Å². The molecule has 0 saturated carbocycles. The van der Waals surface area contributed by atoms with E-state index in [-0.39, 0.29) is 10.6 Å². The molecule has 112 valence electrons. The molecular formula is C11H18N4O4S. The fourth-order valence-corrected chi connectivity index (χ4v) is 3.89. The Kier molecular flexibility index (Phi) is 4.11. The van der Waals surface area contributed by atoms with Crippen molar-refractivity contribution < 1.29 is 18.3 Å². The van der Waals surface area contributed by atoms with Gasteiger partial charge in [0.1, 0.15) is 5.56 Å². The fraction of sp³-hybridized carbons (Fsp3) is 0.636. The number of nitrogens with one attached hydrogen (secondary N) is 1. The molecule has 2 rings (SSSR count). The van der Waals surface area contributed by atoms with E-state index in [2.05, 4.69) is 15.1 Å². The molecule has 0 spiro atoms. The van der Waals surface area contributed by atoms with Crippen LogP contribution in [0.5, 0.6) is 0 Å². The minimum atomic E-state index is -3.83. The molecule has 2 N–H and O–H groups in total. The molecule has 0 amide bonds. The van der Waals surface area contributed by atoms with Gasteiger partial charge >= 0.3 is 5.97 Å².